The predicted molar refractivity (Wildman–Crippen MR) is 263 cm³/mol. The van der Waals surface area contributed by atoms with E-state index in [-0.39, 0.29) is 47.8 Å². The average molecular weight is 949 g/mol. The first-order chi connectivity index (χ1) is 33.1. The van der Waals surface area contributed by atoms with Crippen LogP contribution >= 0.6 is 11.8 Å². The number of fused-ring (bicyclic) bond motifs is 2. The molecule has 1 aromatic carbocycles. The minimum atomic E-state index is -0.299. The van der Waals surface area contributed by atoms with Crippen LogP contribution in [0.2, 0.25) is 0 Å². The predicted octanol–water partition coefficient (Wildman–Crippen LogP) is 4.61. The minimum Gasteiger partial charge on any atom is -0.378 e. The van der Waals surface area contributed by atoms with Crippen molar-refractivity contribution < 1.29 is 28.7 Å². The van der Waals surface area contributed by atoms with E-state index >= 15 is 0 Å². The van der Waals surface area contributed by atoms with E-state index in [0.717, 1.165) is 110 Å². The molecule has 0 bridgehead atoms. The molecule has 8 rings (SSSR count). The number of morpholine rings is 1. The van der Waals surface area contributed by atoms with Crippen LogP contribution in [0.3, 0.4) is 0 Å². The third-order valence-electron chi connectivity index (χ3n) is 13.0. The minimum absolute atomic E-state index is 0.0179. The van der Waals surface area contributed by atoms with Crippen LogP contribution in [0.1, 0.15) is 80.3 Å². The fourth-order valence-corrected chi connectivity index (χ4v) is 10.9. The first-order valence-corrected chi connectivity index (χ1v) is 25.1. The molecule has 7 heterocycles. The number of hydrogen-bond acceptors (Lipinski definition) is 12. The number of amides is 6. The van der Waals surface area contributed by atoms with Crippen LogP contribution < -0.4 is 31.5 Å². The summed E-state index contributed by atoms with van der Waals surface area (Å²) in [4.78, 5) is 85.6. The van der Waals surface area contributed by atoms with Crippen molar-refractivity contribution in [3.8, 4) is 11.3 Å². The number of nitrogens with one attached hydrogen (secondary N) is 6. The van der Waals surface area contributed by atoms with Gasteiger partial charge in [0.1, 0.15) is 23.5 Å². The Hall–Kier alpha value is -6.05. The lowest BCUT2D eigenvalue weighted by atomic mass is 10.0. The average Bonchev–Trinajstić information content (AvgIpc) is 4.06. The van der Waals surface area contributed by atoms with Crippen LogP contribution in [0.5, 0.6) is 0 Å². The Kier molecular flexibility index (Phi) is 16.9. The Morgan fingerprint density at radius 3 is 2.65 bits per heavy atom. The number of anilines is 2. The molecular weight excluding hydrogens is 885 g/mol. The standard InChI is InChI=1S/C49H64N12O6S/c1-59(44(64)13-3-2-6-19-51-42(62)11-5-4-10-41-45-40(31-68-41)57-49(66)58-45)21-8-12-43(63)54-36-9-7-22-60(30-36)29-33-18-20-50-39(27-33)48(65)55-35-16-14-34(15-17-35)38-28-37-46(56-38)52-32-53-47(37)61-23-25-67-26-24-61/h8,12,14-18,20,27-28,32,36,40-41,45H,2-7,9-11,13,19,21-26,29-31H2,1H3,(H,51,62)(H,54,63)(H,55,65)(H,52,53,56)(H2,57,58,66)/b12-8+/t36-,40+,41+,45+/m1/s1. The molecule has 4 aliphatic heterocycles. The molecule has 4 aliphatic rings. The van der Waals surface area contributed by atoms with Crippen molar-refractivity contribution in [1.29, 1.82) is 0 Å². The molecule has 4 fully saturated rings. The number of pyridine rings is 1. The highest BCUT2D eigenvalue weighted by Gasteiger charge is 2.42. The number of nitrogens with zero attached hydrogens (tertiary/aromatic N) is 6. The van der Waals surface area contributed by atoms with Crippen molar-refractivity contribution in [3.05, 3.63) is 78.4 Å². The molecule has 0 unspecified atom stereocenters. The maximum atomic E-state index is 13.3. The highest BCUT2D eigenvalue weighted by atomic mass is 32.2. The molecule has 18 nitrogen and oxygen atoms in total. The number of piperidine rings is 1. The van der Waals surface area contributed by atoms with Crippen molar-refractivity contribution in [2.45, 2.75) is 94.1 Å². The Balaban J connectivity index is 0.689. The van der Waals surface area contributed by atoms with Gasteiger partial charge in [-0.15, -0.1) is 0 Å². The number of rotatable bonds is 21. The third kappa shape index (κ3) is 13.3. The molecule has 0 aliphatic carbocycles. The van der Waals surface area contributed by atoms with Gasteiger partial charge >= 0.3 is 6.03 Å². The van der Waals surface area contributed by atoms with Crippen LogP contribution in [-0.4, -0.2) is 148 Å². The number of carbonyl (C=O) groups is 5. The van der Waals surface area contributed by atoms with E-state index in [1.54, 1.807) is 30.5 Å². The van der Waals surface area contributed by atoms with Crippen molar-refractivity contribution in [3.63, 3.8) is 0 Å². The molecule has 4 atom stereocenters. The molecule has 6 N–H and O–H groups in total. The summed E-state index contributed by atoms with van der Waals surface area (Å²) in [6.07, 6.45) is 14.3. The second kappa shape index (κ2) is 23.8. The Morgan fingerprint density at radius 2 is 1.79 bits per heavy atom. The summed E-state index contributed by atoms with van der Waals surface area (Å²) in [6.45, 7) is 6.01. The van der Waals surface area contributed by atoms with E-state index in [1.165, 1.54) is 6.08 Å². The lowest BCUT2D eigenvalue weighted by molar-refractivity contribution is -0.129. The second-order valence-corrected chi connectivity index (χ2v) is 19.4. The number of aromatic amines is 1. The number of thioether (sulfide) groups is 1. The fourth-order valence-electron chi connectivity index (χ4n) is 9.34. The number of hydrogen-bond donors (Lipinski definition) is 6. The molecule has 19 heteroatoms. The molecular formula is C49H64N12O6S. The van der Waals surface area contributed by atoms with Crippen molar-refractivity contribution in [1.82, 2.24) is 51.0 Å². The van der Waals surface area contributed by atoms with Gasteiger partial charge in [0, 0.05) is 99.9 Å². The molecule has 0 saturated carbocycles. The Labute approximate surface area is 401 Å². The summed E-state index contributed by atoms with van der Waals surface area (Å²) >= 11 is 1.90. The van der Waals surface area contributed by atoms with Crippen molar-refractivity contribution in [2.24, 2.45) is 0 Å². The second-order valence-electron chi connectivity index (χ2n) is 18.1. The van der Waals surface area contributed by atoms with Gasteiger partial charge in [-0.2, -0.15) is 11.8 Å². The lowest BCUT2D eigenvalue weighted by Crippen LogP contribution is -2.47. The zero-order valence-corrected chi connectivity index (χ0v) is 39.7. The first-order valence-electron chi connectivity index (χ1n) is 24.1. The van der Waals surface area contributed by atoms with Crippen LogP contribution in [0.15, 0.2) is 67.1 Å². The zero-order valence-electron chi connectivity index (χ0n) is 38.8. The first kappa shape index (κ1) is 48.4. The summed E-state index contributed by atoms with van der Waals surface area (Å²) in [6, 6.07) is 13.8. The van der Waals surface area contributed by atoms with E-state index in [2.05, 4.69) is 62.4 Å². The summed E-state index contributed by atoms with van der Waals surface area (Å²) in [7, 11) is 1.74. The van der Waals surface area contributed by atoms with Crippen LogP contribution in [-0.2, 0) is 25.7 Å². The number of unbranched alkanes of at least 4 members (excludes halogenated alkanes) is 3. The monoisotopic (exact) mass is 948 g/mol. The Bertz CT molecular complexity index is 2410. The van der Waals surface area contributed by atoms with Gasteiger partial charge in [0.15, 0.2) is 0 Å². The maximum absolute atomic E-state index is 13.3. The highest BCUT2D eigenvalue weighted by Crippen LogP contribution is 2.33. The van der Waals surface area contributed by atoms with E-state index < -0.39 is 0 Å². The van der Waals surface area contributed by atoms with E-state index in [1.807, 2.05) is 48.2 Å². The SMILES string of the molecule is CN(C/C=C/C(=O)N[C@@H]1CCCN(Cc2ccnc(C(=O)Nc3ccc(-c4cc5c(N6CCOCC6)ncnc5[nH]4)cc3)c2)C1)C(=O)CCCCCNC(=O)CCCC[C@@H]1SC[C@@H]2NC(=O)N[C@@H]21. The van der Waals surface area contributed by atoms with E-state index in [0.29, 0.717) is 68.9 Å². The summed E-state index contributed by atoms with van der Waals surface area (Å²) < 4.78 is 5.51. The number of benzene rings is 1. The van der Waals surface area contributed by atoms with Gasteiger partial charge in [0.2, 0.25) is 17.7 Å². The largest absolute Gasteiger partial charge is 0.378 e. The van der Waals surface area contributed by atoms with E-state index in [4.69, 9.17) is 4.74 Å². The summed E-state index contributed by atoms with van der Waals surface area (Å²) in [5.74, 6) is 1.43. The van der Waals surface area contributed by atoms with Gasteiger partial charge in [-0.1, -0.05) is 31.1 Å². The van der Waals surface area contributed by atoms with Crippen LogP contribution in [0.25, 0.3) is 22.3 Å². The van der Waals surface area contributed by atoms with Crippen LogP contribution in [0, 0.1) is 0 Å². The molecule has 3 aromatic heterocycles. The Morgan fingerprint density at radius 1 is 0.956 bits per heavy atom. The number of aromatic nitrogens is 4. The number of ether oxygens (including phenoxy) is 1. The normalized spacial score (nSPS) is 20.5. The third-order valence-corrected chi connectivity index (χ3v) is 14.5. The van der Waals surface area contributed by atoms with Gasteiger partial charge in [0.05, 0.1) is 30.7 Å². The van der Waals surface area contributed by atoms with Crippen LogP contribution in [0.4, 0.5) is 16.3 Å². The molecule has 4 aromatic rings. The maximum Gasteiger partial charge on any atom is 0.315 e. The smallest absolute Gasteiger partial charge is 0.315 e. The number of likely N-dealkylation sites (N-methyl/N-ethyl adjacent to an activating group) is 1. The lowest BCUT2D eigenvalue weighted by Gasteiger charge is -2.33. The van der Waals surface area contributed by atoms with Gasteiger partial charge in [-0.05, 0) is 86.5 Å². The van der Waals surface area contributed by atoms with Gasteiger partial charge < -0.3 is 46.1 Å². The van der Waals surface area contributed by atoms with Gasteiger partial charge in [0.25, 0.3) is 5.91 Å². The molecule has 0 radical (unpaired) electrons. The number of likely N-dealkylation sites (tertiary alicyclic amines) is 1. The van der Waals surface area contributed by atoms with Crippen molar-refractivity contribution in [2.75, 3.05) is 75.5 Å². The number of urea groups is 1. The molecule has 6 amide bonds. The molecule has 362 valence electrons. The van der Waals surface area contributed by atoms with E-state index in [9.17, 15) is 24.0 Å². The van der Waals surface area contributed by atoms with Gasteiger partial charge in [-0.3, -0.25) is 29.1 Å². The fraction of sp³-hybridized carbons (Fsp3) is 0.510. The zero-order chi connectivity index (χ0) is 47.2. The molecule has 0 spiro atoms. The molecule has 68 heavy (non-hydrogen) atoms. The topological polar surface area (TPSA) is 219 Å². The quantitative estimate of drug-likeness (QED) is 0.0384. The number of H-pyrrole nitrogens is 1. The summed E-state index contributed by atoms with van der Waals surface area (Å²) in [5.41, 5.74) is 4.57. The van der Waals surface area contributed by atoms with Crippen molar-refractivity contribution >= 4 is 64.0 Å². The molecule has 4 saturated heterocycles. The van der Waals surface area contributed by atoms with Gasteiger partial charge in [-0.25, -0.2) is 14.8 Å². The number of carbonyl (C=O) groups excluding carboxylic acids is 5. The highest BCUT2D eigenvalue weighted by molar-refractivity contribution is 8.00. The summed E-state index contributed by atoms with van der Waals surface area (Å²) in [5, 5.41) is 16.4.